The lowest BCUT2D eigenvalue weighted by atomic mass is 10.0. The van der Waals surface area contributed by atoms with E-state index in [0.717, 1.165) is 16.6 Å². The van der Waals surface area contributed by atoms with Gasteiger partial charge in [0.15, 0.2) is 6.10 Å². The second kappa shape index (κ2) is 8.34. The van der Waals surface area contributed by atoms with Crippen LogP contribution in [0, 0.1) is 0 Å². The molecule has 2 aromatic carbocycles. The summed E-state index contributed by atoms with van der Waals surface area (Å²) in [6.45, 7) is 8.14. The van der Waals surface area contributed by atoms with Crippen molar-refractivity contribution in [3.63, 3.8) is 0 Å². The van der Waals surface area contributed by atoms with E-state index in [9.17, 15) is 4.79 Å². The second-order valence-electron chi connectivity index (χ2n) is 6.14. The average Bonchev–Trinajstić information content (AvgIpc) is 2.57. The number of hydrogen-bond donors (Lipinski definition) is 1. The van der Waals surface area contributed by atoms with Gasteiger partial charge in [0.05, 0.1) is 5.69 Å². The summed E-state index contributed by atoms with van der Waals surface area (Å²) < 4.78 is 6.62. The standard InChI is InChI=1S/C20H24BrNO2/c1-5-15-6-11-19(18(21)12-15)22-20(23)14(4)24-17-9-7-16(8-10-17)13(2)3/h6-14H,5H2,1-4H3,(H,22,23). The molecule has 0 aliphatic heterocycles. The first kappa shape index (κ1) is 18.5. The van der Waals surface area contributed by atoms with E-state index in [1.165, 1.54) is 11.1 Å². The number of rotatable bonds is 6. The minimum Gasteiger partial charge on any atom is -0.481 e. The van der Waals surface area contributed by atoms with E-state index in [0.29, 0.717) is 11.7 Å². The zero-order valence-electron chi connectivity index (χ0n) is 14.6. The summed E-state index contributed by atoms with van der Waals surface area (Å²) in [6, 6.07) is 13.8. The summed E-state index contributed by atoms with van der Waals surface area (Å²) in [4.78, 5) is 12.3. The molecular formula is C20H24BrNO2. The molecule has 4 heteroatoms. The van der Waals surface area contributed by atoms with Gasteiger partial charge in [0, 0.05) is 4.47 Å². The van der Waals surface area contributed by atoms with E-state index >= 15 is 0 Å². The molecule has 0 aliphatic carbocycles. The van der Waals surface area contributed by atoms with Crippen LogP contribution in [0.1, 0.15) is 44.7 Å². The number of nitrogens with one attached hydrogen (secondary N) is 1. The highest BCUT2D eigenvalue weighted by Crippen LogP contribution is 2.25. The number of carbonyl (C=O) groups excluding carboxylic acids is 1. The summed E-state index contributed by atoms with van der Waals surface area (Å²) in [5, 5.41) is 2.90. The highest BCUT2D eigenvalue weighted by Gasteiger charge is 2.16. The van der Waals surface area contributed by atoms with Crippen LogP contribution in [0.5, 0.6) is 5.75 Å². The lowest BCUT2D eigenvalue weighted by molar-refractivity contribution is -0.122. The van der Waals surface area contributed by atoms with Crippen LogP contribution in [0.2, 0.25) is 0 Å². The zero-order valence-corrected chi connectivity index (χ0v) is 16.2. The van der Waals surface area contributed by atoms with Crippen molar-refractivity contribution in [2.45, 2.75) is 46.1 Å². The topological polar surface area (TPSA) is 38.3 Å². The van der Waals surface area contributed by atoms with Crippen molar-refractivity contribution >= 4 is 27.5 Å². The van der Waals surface area contributed by atoms with Gasteiger partial charge in [0.1, 0.15) is 5.75 Å². The maximum absolute atomic E-state index is 12.3. The van der Waals surface area contributed by atoms with Crippen molar-refractivity contribution in [2.75, 3.05) is 5.32 Å². The van der Waals surface area contributed by atoms with Crippen LogP contribution in [-0.4, -0.2) is 12.0 Å². The third kappa shape index (κ3) is 4.84. The first-order valence-electron chi connectivity index (χ1n) is 8.26. The summed E-state index contributed by atoms with van der Waals surface area (Å²) in [6.07, 6.45) is 0.381. The van der Waals surface area contributed by atoms with E-state index in [1.807, 2.05) is 42.5 Å². The molecule has 128 valence electrons. The predicted molar refractivity (Wildman–Crippen MR) is 103 cm³/mol. The normalized spacial score (nSPS) is 12.1. The molecule has 0 saturated carbocycles. The van der Waals surface area contributed by atoms with Crippen molar-refractivity contribution in [1.29, 1.82) is 0 Å². The Morgan fingerprint density at radius 1 is 1.12 bits per heavy atom. The average molecular weight is 390 g/mol. The molecule has 0 aromatic heterocycles. The second-order valence-corrected chi connectivity index (χ2v) is 7.00. The molecule has 2 aromatic rings. The fourth-order valence-corrected chi connectivity index (χ4v) is 2.83. The lowest BCUT2D eigenvalue weighted by Crippen LogP contribution is -2.30. The van der Waals surface area contributed by atoms with E-state index in [-0.39, 0.29) is 5.91 Å². The first-order chi connectivity index (χ1) is 11.4. The van der Waals surface area contributed by atoms with E-state index in [1.54, 1.807) is 6.92 Å². The van der Waals surface area contributed by atoms with Gasteiger partial charge in [-0.2, -0.15) is 0 Å². The molecule has 0 spiro atoms. The smallest absolute Gasteiger partial charge is 0.265 e. The summed E-state index contributed by atoms with van der Waals surface area (Å²) in [5.41, 5.74) is 3.22. The number of aryl methyl sites for hydroxylation is 1. The molecule has 3 nitrogen and oxygen atoms in total. The van der Waals surface area contributed by atoms with Crippen LogP contribution < -0.4 is 10.1 Å². The highest BCUT2D eigenvalue weighted by molar-refractivity contribution is 9.10. The number of halogens is 1. The van der Waals surface area contributed by atoms with Crippen LogP contribution in [0.25, 0.3) is 0 Å². The number of anilines is 1. The maximum Gasteiger partial charge on any atom is 0.265 e. The molecule has 0 bridgehead atoms. The first-order valence-corrected chi connectivity index (χ1v) is 9.06. The monoisotopic (exact) mass is 389 g/mol. The van der Waals surface area contributed by atoms with Crippen LogP contribution in [0.4, 0.5) is 5.69 Å². The molecule has 1 amide bonds. The van der Waals surface area contributed by atoms with Gasteiger partial charge in [0.2, 0.25) is 0 Å². The molecular weight excluding hydrogens is 366 g/mol. The van der Waals surface area contributed by atoms with Gasteiger partial charge in [0.25, 0.3) is 5.91 Å². The van der Waals surface area contributed by atoms with Crippen molar-refractivity contribution in [3.8, 4) is 5.75 Å². The van der Waals surface area contributed by atoms with Gasteiger partial charge in [-0.15, -0.1) is 0 Å². The molecule has 24 heavy (non-hydrogen) atoms. The minimum absolute atomic E-state index is 0.173. The SMILES string of the molecule is CCc1ccc(NC(=O)C(C)Oc2ccc(C(C)C)cc2)c(Br)c1. The van der Waals surface area contributed by atoms with Crippen LogP contribution >= 0.6 is 15.9 Å². The predicted octanol–water partition coefficient (Wildman–Crippen LogP) is 5.54. The Labute approximate surface area is 152 Å². The van der Waals surface area contributed by atoms with Gasteiger partial charge in [-0.1, -0.05) is 39.0 Å². The largest absolute Gasteiger partial charge is 0.481 e. The summed E-state index contributed by atoms with van der Waals surface area (Å²) in [7, 11) is 0. The fourth-order valence-electron chi connectivity index (χ4n) is 2.30. The Morgan fingerprint density at radius 3 is 2.33 bits per heavy atom. The molecule has 0 saturated heterocycles. The molecule has 1 atom stereocenters. The van der Waals surface area contributed by atoms with E-state index in [4.69, 9.17) is 4.74 Å². The van der Waals surface area contributed by atoms with Crippen molar-refractivity contribution in [3.05, 3.63) is 58.1 Å². The number of ether oxygens (including phenoxy) is 1. The van der Waals surface area contributed by atoms with Crippen molar-refractivity contribution in [2.24, 2.45) is 0 Å². The van der Waals surface area contributed by atoms with Gasteiger partial charge in [-0.25, -0.2) is 0 Å². The Bertz CT molecular complexity index is 695. The minimum atomic E-state index is -0.576. The molecule has 0 radical (unpaired) electrons. The van der Waals surface area contributed by atoms with Crippen LogP contribution in [0.3, 0.4) is 0 Å². The number of carbonyl (C=O) groups is 1. The number of amides is 1. The highest BCUT2D eigenvalue weighted by atomic mass is 79.9. The molecule has 1 unspecified atom stereocenters. The Hall–Kier alpha value is -1.81. The Kier molecular flexibility index (Phi) is 6.44. The van der Waals surface area contributed by atoms with E-state index in [2.05, 4.69) is 42.0 Å². The molecule has 0 aliphatic rings. The molecule has 0 fully saturated rings. The van der Waals surface area contributed by atoms with Gasteiger partial charge >= 0.3 is 0 Å². The van der Waals surface area contributed by atoms with Gasteiger partial charge in [-0.05, 0) is 70.6 Å². The summed E-state index contributed by atoms with van der Waals surface area (Å²) >= 11 is 3.50. The van der Waals surface area contributed by atoms with E-state index < -0.39 is 6.10 Å². The van der Waals surface area contributed by atoms with Crippen LogP contribution in [-0.2, 0) is 11.2 Å². The summed E-state index contributed by atoms with van der Waals surface area (Å²) in [5.74, 6) is 0.999. The van der Waals surface area contributed by atoms with Gasteiger partial charge in [-0.3, -0.25) is 4.79 Å². The third-order valence-electron chi connectivity index (χ3n) is 3.93. The van der Waals surface area contributed by atoms with Crippen LogP contribution in [0.15, 0.2) is 46.9 Å². The molecule has 2 rings (SSSR count). The third-order valence-corrected chi connectivity index (χ3v) is 4.58. The molecule has 1 N–H and O–H groups in total. The molecule has 0 heterocycles. The maximum atomic E-state index is 12.3. The van der Waals surface area contributed by atoms with Gasteiger partial charge < -0.3 is 10.1 Å². The Balaban J connectivity index is 1.99. The Morgan fingerprint density at radius 2 is 1.79 bits per heavy atom. The van der Waals surface area contributed by atoms with Crippen molar-refractivity contribution in [1.82, 2.24) is 0 Å². The van der Waals surface area contributed by atoms with Crippen molar-refractivity contribution < 1.29 is 9.53 Å². The lowest BCUT2D eigenvalue weighted by Gasteiger charge is -2.16. The quantitative estimate of drug-likeness (QED) is 0.703. The fraction of sp³-hybridized carbons (Fsp3) is 0.350. The number of benzene rings is 2. The zero-order chi connectivity index (χ0) is 17.7. The number of hydrogen-bond acceptors (Lipinski definition) is 2.